The van der Waals surface area contributed by atoms with E-state index in [-0.39, 0.29) is 24.8 Å². The molecular weight excluding hydrogens is 340 g/mol. The molecule has 3 aliphatic rings. The summed E-state index contributed by atoms with van der Waals surface area (Å²) in [7, 11) is 0. The van der Waals surface area contributed by atoms with E-state index in [0.717, 1.165) is 25.7 Å². The van der Waals surface area contributed by atoms with Crippen molar-refractivity contribution in [2.75, 3.05) is 0 Å². The predicted molar refractivity (Wildman–Crippen MR) is 89.4 cm³/mol. The van der Waals surface area contributed by atoms with Crippen molar-refractivity contribution in [2.24, 2.45) is 5.92 Å². The maximum atomic E-state index is 12.7. The van der Waals surface area contributed by atoms with Crippen LogP contribution in [0.25, 0.3) is 0 Å². The molecule has 0 aromatic heterocycles. The van der Waals surface area contributed by atoms with Crippen LogP contribution in [0.3, 0.4) is 0 Å². The molecule has 1 unspecified atom stereocenters. The highest BCUT2D eigenvalue weighted by Gasteiger charge is 2.50. The van der Waals surface area contributed by atoms with Crippen LogP contribution in [0.15, 0.2) is 0 Å². The number of hydroxylamine groups is 2. The lowest BCUT2D eigenvalue weighted by atomic mass is 9.85. The van der Waals surface area contributed by atoms with Crippen LogP contribution < -0.4 is 0 Å². The fourth-order valence-electron chi connectivity index (χ4n) is 4.06. The molecule has 8 nitrogen and oxygen atoms in total. The van der Waals surface area contributed by atoms with Gasteiger partial charge in [0.2, 0.25) is 0 Å². The fourth-order valence-corrected chi connectivity index (χ4v) is 4.06. The standard InChI is InChI=1S/C18H26N2O6/c1-18(2,3)25-17(24)19-12-7-5-4-6-11(12)10-13(19)16(23)26-20-14(21)8-9-15(20)22/h11-13H,4-10H2,1-3H3/t11-,12-,13?/m0/s1. The Morgan fingerprint density at radius 2 is 1.65 bits per heavy atom. The summed E-state index contributed by atoms with van der Waals surface area (Å²) in [5.41, 5.74) is -0.681. The summed E-state index contributed by atoms with van der Waals surface area (Å²) in [6.45, 7) is 5.32. The Morgan fingerprint density at radius 1 is 1.04 bits per heavy atom. The van der Waals surface area contributed by atoms with Crippen molar-refractivity contribution in [3.63, 3.8) is 0 Å². The predicted octanol–water partition coefficient (Wildman–Crippen LogP) is 2.16. The Labute approximate surface area is 152 Å². The monoisotopic (exact) mass is 366 g/mol. The van der Waals surface area contributed by atoms with Gasteiger partial charge in [0.1, 0.15) is 11.6 Å². The average Bonchev–Trinajstić information content (AvgIpc) is 3.08. The molecule has 1 saturated carbocycles. The van der Waals surface area contributed by atoms with E-state index in [1.165, 1.54) is 4.90 Å². The van der Waals surface area contributed by atoms with Gasteiger partial charge in [-0.2, -0.15) is 0 Å². The highest BCUT2D eigenvalue weighted by molar-refractivity contribution is 6.01. The lowest BCUT2D eigenvalue weighted by Gasteiger charge is -2.34. The van der Waals surface area contributed by atoms with Gasteiger partial charge in [-0.15, -0.1) is 5.06 Å². The van der Waals surface area contributed by atoms with E-state index < -0.39 is 35.5 Å². The molecule has 3 rings (SSSR count). The molecule has 26 heavy (non-hydrogen) atoms. The average molecular weight is 366 g/mol. The van der Waals surface area contributed by atoms with Gasteiger partial charge in [-0.1, -0.05) is 12.8 Å². The number of carbonyl (C=O) groups is 4. The zero-order chi connectivity index (χ0) is 19.1. The summed E-state index contributed by atoms with van der Waals surface area (Å²) < 4.78 is 5.50. The second-order valence-corrected chi connectivity index (χ2v) is 8.24. The number of carbonyl (C=O) groups excluding carboxylic acids is 4. The van der Waals surface area contributed by atoms with E-state index in [4.69, 9.17) is 9.57 Å². The number of ether oxygens (including phenoxy) is 1. The van der Waals surface area contributed by atoms with Crippen LogP contribution in [0.1, 0.15) is 65.7 Å². The van der Waals surface area contributed by atoms with Crippen LogP contribution >= 0.6 is 0 Å². The number of hydrogen-bond donors (Lipinski definition) is 0. The first-order chi connectivity index (χ1) is 12.2. The quantitative estimate of drug-likeness (QED) is 0.695. The highest BCUT2D eigenvalue weighted by atomic mass is 16.7. The lowest BCUT2D eigenvalue weighted by molar-refractivity contribution is -0.200. The Bertz CT molecular complexity index is 610. The van der Waals surface area contributed by atoms with Gasteiger partial charge in [0.25, 0.3) is 11.8 Å². The molecule has 8 heteroatoms. The van der Waals surface area contributed by atoms with Gasteiger partial charge in [-0.25, -0.2) is 9.59 Å². The number of imide groups is 1. The topological polar surface area (TPSA) is 93.2 Å². The SMILES string of the molecule is CC(C)(C)OC(=O)N1C(C(=O)ON2C(=O)CCC2=O)C[C@@H]2CCCC[C@@H]21. The minimum Gasteiger partial charge on any atom is -0.444 e. The molecule has 3 amide bonds. The summed E-state index contributed by atoms with van der Waals surface area (Å²) in [5, 5.41) is 0.539. The maximum Gasteiger partial charge on any atom is 0.411 e. The summed E-state index contributed by atoms with van der Waals surface area (Å²) >= 11 is 0. The molecule has 2 aliphatic heterocycles. The first-order valence-electron chi connectivity index (χ1n) is 9.26. The normalized spacial score (nSPS) is 29.0. The second kappa shape index (κ2) is 6.89. The van der Waals surface area contributed by atoms with Gasteiger partial charge in [0.05, 0.1) is 0 Å². The van der Waals surface area contributed by atoms with Crippen LogP contribution in [-0.4, -0.2) is 51.5 Å². The Balaban J connectivity index is 1.78. The number of likely N-dealkylation sites (tertiary alicyclic amines) is 1. The number of amides is 3. The molecule has 2 heterocycles. The second-order valence-electron chi connectivity index (χ2n) is 8.24. The third kappa shape index (κ3) is 3.68. The van der Waals surface area contributed by atoms with Crippen LogP contribution in [0, 0.1) is 5.92 Å². The first kappa shape index (κ1) is 18.7. The van der Waals surface area contributed by atoms with Gasteiger partial charge >= 0.3 is 12.1 Å². The number of nitrogens with zero attached hydrogens (tertiary/aromatic N) is 2. The summed E-state index contributed by atoms with van der Waals surface area (Å²) in [6, 6.07) is -0.903. The van der Waals surface area contributed by atoms with Crippen molar-refractivity contribution in [3.05, 3.63) is 0 Å². The number of fused-ring (bicyclic) bond motifs is 1. The molecule has 0 bridgehead atoms. The molecule has 0 aromatic carbocycles. The third-order valence-corrected chi connectivity index (χ3v) is 5.15. The van der Waals surface area contributed by atoms with E-state index in [2.05, 4.69) is 0 Å². The summed E-state index contributed by atoms with van der Waals surface area (Å²) in [6.07, 6.45) is 3.81. The van der Waals surface area contributed by atoms with Gasteiger partial charge in [-0.05, 0) is 46.0 Å². The molecule has 3 fully saturated rings. The molecule has 144 valence electrons. The van der Waals surface area contributed by atoms with E-state index in [0.29, 0.717) is 11.5 Å². The minimum atomic E-state index is -0.834. The van der Waals surface area contributed by atoms with Crippen LogP contribution in [-0.2, 0) is 24.0 Å². The molecular formula is C18H26N2O6. The molecule has 0 aromatic rings. The molecule has 0 spiro atoms. The molecule has 0 N–H and O–H groups in total. The van der Waals surface area contributed by atoms with Crippen molar-refractivity contribution in [2.45, 2.75) is 83.4 Å². The maximum absolute atomic E-state index is 12.7. The third-order valence-electron chi connectivity index (χ3n) is 5.15. The zero-order valence-corrected chi connectivity index (χ0v) is 15.5. The van der Waals surface area contributed by atoms with E-state index >= 15 is 0 Å². The highest BCUT2D eigenvalue weighted by Crippen LogP contribution is 2.41. The largest absolute Gasteiger partial charge is 0.444 e. The smallest absolute Gasteiger partial charge is 0.411 e. The van der Waals surface area contributed by atoms with Crippen LogP contribution in [0.5, 0.6) is 0 Å². The van der Waals surface area contributed by atoms with Crippen LogP contribution in [0.2, 0.25) is 0 Å². The number of rotatable bonds is 2. The number of hydrogen-bond acceptors (Lipinski definition) is 6. The molecule has 2 saturated heterocycles. The van der Waals surface area contributed by atoms with Crippen molar-refractivity contribution < 1.29 is 28.8 Å². The Morgan fingerprint density at radius 3 is 2.27 bits per heavy atom. The molecule has 1 aliphatic carbocycles. The fraction of sp³-hybridized carbons (Fsp3) is 0.778. The Kier molecular flexibility index (Phi) is 4.94. The minimum absolute atomic E-state index is 0.0395. The summed E-state index contributed by atoms with van der Waals surface area (Å²) in [4.78, 5) is 55.4. The molecule has 3 atom stereocenters. The lowest BCUT2D eigenvalue weighted by Crippen LogP contribution is -2.50. The van der Waals surface area contributed by atoms with Gasteiger partial charge in [0.15, 0.2) is 0 Å². The van der Waals surface area contributed by atoms with E-state index in [1.54, 1.807) is 20.8 Å². The zero-order valence-electron chi connectivity index (χ0n) is 15.5. The first-order valence-corrected chi connectivity index (χ1v) is 9.26. The van der Waals surface area contributed by atoms with Crippen molar-refractivity contribution in [1.82, 2.24) is 9.96 Å². The van der Waals surface area contributed by atoms with Gasteiger partial charge < -0.3 is 9.57 Å². The van der Waals surface area contributed by atoms with Crippen molar-refractivity contribution >= 4 is 23.9 Å². The van der Waals surface area contributed by atoms with Gasteiger partial charge in [0, 0.05) is 18.9 Å². The van der Waals surface area contributed by atoms with E-state index in [9.17, 15) is 19.2 Å². The summed E-state index contributed by atoms with van der Waals surface area (Å²) in [5.74, 6) is -1.59. The Hall–Kier alpha value is -2.12. The molecule has 0 radical (unpaired) electrons. The van der Waals surface area contributed by atoms with Crippen LogP contribution in [0.4, 0.5) is 4.79 Å². The van der Waals surface area contributed by atoms with Crippen molar-refractivity contribution in [1.29, 1.82) is 0 Å². The van der Waals surface area contributed by atoms with Crippen molar-refractivity contribution in [3.8, 4) is 0 Å². The van der Waals surface area contributed by atoms with E-state index in [1.807, 2.05) is 0 Å². The van der Waals surface area contributed by atoms with Gasteiger partial charge in [-0.3, -0.25) is 14.5 Å².